The van der Waals surface area contributed by atoms with E-state index in [9.17, 15) is 19.8 Å². The molecule has 0 radical (unpaired) electrons. The number of nitriles is 2. The largest absolute Gasteiger partial charge is 0.393 e. The Morgan fingerprint density at radius 1 is 0.786 bits per heavy atom. The molecular formula is C20H34N4O4. The highest BCUT2D eigenvalue weighted by molar-refractivity contribution is 5.78. The van der Waals surface area contributed by atoms with Crippen LogP contribution >= 0.6 is 0 Å². The third-order valence-electron chi connectivity index (χ3n) is 4.81. The summed E-state index contributed by atoms with van der Waals surface area (Å²) in [6.07, 6.45) is 5.71. The predicted octanol–water partition coefficient (Wildman–Crippen LogP) is 2.08. The normalized spacial score (nSPS) is 13.7. The lowest BCUT2D eigenvalue weighted by Gasteiger charge is -2.26. The van der Waals surface area contributed by atoms with Crippen molar-refractivity contribution >= 4 is 11.8 Å². The van der Waals surface area contributed by atoms with Crippen molar-refractivity contribution in [1.82, 2.24) is 10.6 Å². The summed E-state index contributed by atoms with van der Waals surface area (Å²) in [5.74, 6) is -0.660. The number of nitrogens with one attached hydrogen (secondary N) is 2. The first-order chi connectivity index (χ1) is 12.9. The average Bonchev–Trinajstić information content (AvgIpc) is 2.56. The van der Waals surface area contributed by atoms with E-state index in [1.165, 1.54) is 0 Å². The lowest BCUT2D eigenvalue weighted by Crippen LogP contribution is -2.27. The molecule has 2 atom stereocenters. The molecule has 4 N–H and O–H groups in total. The minimum atomic E-state index is -0.567. The van der Waals surface area contributed by atoms with Crippen LogP contribution in [0.3, 0.4) is 0 Å². The lowest BCUT2D eigenvalue weighted by molar-refractivity contribution is -0.123. The number of aliphatic hydroxyl groups excluding tert-OH is 2. The average molecular weight is 395 g/mol. The molecule has 0 bridgehead atoms. The fraction of sp³-hybridized carbons (Fsp3) is 0.800. The fourth-order valence-corrected chi connectivity index (χ4v) is 3.05. The summed E-state index contributed by atoms with van der Waals surface area (Å²) in [6.45, 7) is 7.65. The minimum absolute atomic E-state index is 0.213. The first-order valence-corrected chi connectivity index (χ1v) is 9.63. The summed E-state index contributed by atoms with van der Waals surface area (Å²) in [5, 5.41) is 41.4. The van der Waals surface area contributed by atoms with E-state index >= 15 is 0 Å². The highest BCUT2D eigenvalue weighted by Gasteiger charge is 2.25. The van der Waals surface area contributed by atoms with Crippen molar-refractivity contribution in [2.45, 2.75) is 91.3 Å². The molecule has 2 amide bonds. The first-order valence-electron chi connectivity index (χ1n) is 9.63. The number of rotatable bonds is 13. The molecule has 0 fully saturated rings. The molecular weight excluding hydrogens is 360 g/mol. The smallest absolute Gasteiger partial charge is 0.233 e. The van der Waals surface area contributed by atoms with Crippen molar-refractivity contribution < 1.29 is 19.8 Å². The standard InChI is InChI=1S/C20H34N4O4/c1-19(2,11-17(27)23-13-21)9-7-15(25)5-6-16(26)8-10-20(3,4)12-18(28)24-14-22/h15-16,25-26H,5-12H2,1-4H3,(H,23,27)(H,24,28). The second kappa shape index (κ2) is 12.3. The molecule has 0 aliphatic carbocycles. The number of carbonyl (C=O) groups is 2. The van der Waals surface area contributed by atoms with Crippen LogP contribution in [-0.4, -0.2) is 34.2 Å². The maximum atomic E-state index is 11.5. The van der Waals surface area contributed by atoms with Crippen molar-refractivity contribution in [3.8, 4) is 12.4 Å². The van der Waals surface area contributed by atoms with E-state index in [4.69, 9.17) is 10.5 Å². The Hall–Kier alpha value is -2.16. The zero-order chi connectivity index (χ0) is 21.8. The Balaban J connectivity index is 4.16. The van der Waals surface area contributed by atoms with Crippen molar-refractivity contribution in [2.75, 3.05) is 0 Å². The molecule has 28 heavy (non-hydrogen) atoms. The third kappa shape index (κ3) is 13.1. The molecule has 0 aliphatic heterocycles. The second-order valence-electron chi connectivity index (χ2n) is 8.96. The Morgan fingerprint density at radius 3 is 1.39 bits per heavy atom. The number of nitrogens with zero attached hydrogens (tertiary/aromatic N) is 2. The summed E-state index contributed by atoms with van der Waals surface area (Å²) in [6, 6.07) is 0. The van der Waals surface area contributed by atoms with Crippen LogP contribution in [-0.2, 0) is 9.59 Å². The van der Waals surface area contributed by atoms with E-state index in [0.717, 1.165) is 0 Å². The monoisotopic (exact) mass is 394 g/mol. The van der Waals surface area contributed by atoms with E-state index in [1.807, 2.05) is 27.7 Å². The van der Waals surface area contributed by atoms with Gasteiger partial charge < -0.3 is 10.2 Å². The molecule has 2 unspecified atom stereocenters. The van der Waals surface area contributed by atoms with E-state index < -0.39 is 12.2 Å². The van der Waals surface area contributed by atoms with Gasteiger partial charge in [-0.15, -0.1) is 0 Å². The fourth-order valence-electron chi connectivity index (χ4n) is 3.05. The van der Waals surface area contributed by atoms with Gasteiger partial charge in [0.2, 0.25) is 11.8 Å². The molecule has 0 rings (SSSR count). The van der Waals surface area contributed by atoms with Gasteiger partial charge >= 0.3 is 0 Å². The van der Waals surface area contributed by atoms with E-state index in [-0.39, 0.29) is 35.5 Å². The number of hydrogen-bond acceptors (Lipinski definition) is 6. The Morgan fingerprint density at radius 2 is 1.11 bits per heavy atom. The summed E-state index contributed by atoms with van der Waals surface area (Å²) in [7, 11) is 0. The van der Waals surface area contributed by atoms with E-state index in [2.05, 4.69) is 10.6 Å². The summed E-state index contributed by atoms with van der Waals surface area (Å²) >= 11 is 0. The van der Waals surface area contributed by atoms with Crippen molar-refractivity contribution in [2.24, 2.45) is 10.8 Å². The summed E-state index contributed by atoms with van der Waals surface area (Å²) in [4.78, 5) is 23.0. The molecule has 8 nitrogen and oxygen atoms in total. The molecule has 0 spiro atoms. The highest BCUT2D eigenvalue weighted by atomic mass is 16.3. The SMILES string of the molecule is CC(C)(CCC(O)CCC(O)CCC(C)(C)CC(=O)NC#N)CC(=O)NC#N. The van der Waals surface area contributed by atoms with Crippen LogP contribution in [0.15, 0.2) is 0 Å². The molecule has 0 aromatic carbocycles. The molecule has 8 heteroatoms. The second-order valence-corrected chi connectivity index (χ2v) is 8.96. The summed E-state index contributed by atoms with van der Waals surface area (Å²) in [5.41, 5.74) is -0.650. The Kier molecular flexibility index (Phi) is 11.4. The van der Waals surface area contributed by atoms with Gasteiger partial charge in [-0.1, -0.05) is 27.7 Å². The van der Waals surface area contributed by atoms with Gasteiger partial charge in [0.15, 0.2) is 12.4 Å². The predicted molar refractivity (Wildman–Crippen MR) is 104 cm³/mol. The van der Waals surface area contributed by atoms with Crippen LogP contribution in [0.4, 0.5) is 0 Å². The molecule has 158 valence electrons. The van der Waals surface area contributed by atoms with Gasteiger partial charge in [-0.25, -0.2) is 0 Å². The van der Waals surface area contributed by atoms with Gasteiger partial charge in [0.05, 0.1) is 12.2 Å². The van der Waals surface area contributed by atoms with Gasteiger partial charge in [0, 0.05) is 12.8 Å². The molecule has 0 aliphatic rings. The van der Waals surface area contributed by atoms with Crippen molar-refractivity contribution in [3.05, 3.63) is 0 Å². The van der Waals surface area contributed by atoms with Crippen LogP contribution in [0.25, 0.3) is 0 Å². The zero-order valence-corrected chi connectivity index (χ0v) is 17.4. The van der Waals surface area contributed by atoms with Crippen LogP contribution in [0.5, 0.6) is 0 Å². The number of amides is 2. The van der Waals surface area contributed by atoms with Crippen molar-refractivity contribution in [1.29, 1.82) is 10.5 Å². The highest BCUT2D eigenvalue weighted by Crippen LogP contribution is 2.30. The zero-order valence-electron chi connectivity index (χ0n) is 17.4. The number of aliphatic hydroxyl groups is 2. The Labute approximate surface area is 167 Å². The molecule has 0 saturated carbocycles. The van der Waals surface area contributed by atoms with Gasteiger partial charge in [-0.05, 0) is 49.4 Å². The maximum Gasteiger partial charge on any atom is 0.233 e. The lowest BCUT2D eigenvalue weighted by atomic mass is 9.82. The van der Waals surface area contributed by atoms with Crippen LogP contribution in [0.2, 0.25) is 0 Å². The molecule has 0 saturated heterocycles. The first kappa shape index (κ1) is 25.8. The van der Waals surface area contributed by atoms with Crippen LogP contribution < -0.4 is 10.6 Å². The van der Waals surface area contributed by atoms with Gasteiger partial charge in [0.25, 0.3) is 0 Å². The third-order valence-corrected chi connectivity index (χ3v) is 4.81. The summed E-state index contributed by atoms with van der Waals surface area (Å²) < 4.78 is 0. The quantitative estimate of drug-likeness (QED) is 0.278. The molecule has 0 aromatic rings. The Bertz CT molecular complexity index is 538. The van der Waals surface area contributed by atoms with E-state index in [1.54, 1.807) is 12.4 Å². The van der Waals surface area contributed by atoms with E-state index in [0.29, 0.717) is 38.5 Å². The van der Waals surface area contributed by atoms with Crippen LogP contribution in [0.1, 0.15) is 79.1 Å². The van der Waals surface area contributed by atoms with Crippen LogP contribution in [0, 0.1) is 33.7 Å². The van der Waals surface area contributed by atoms with Gasteiger partial charge in [-0.2, -0.15) is 10.5 Å². The van der Waals surface area contributed by atoms with Crippen molar-refractivity contribution in [3.63, 3.8) is 0 Å². The molecule has 0 aromatic heterocycles. The topological polar surface area (TPSA) is 146 Å². The maximum absolute atomic E-state index is 11.5. The minimum Gasteiger partial charge on any atom is -0.393 e. The van der Waals surface area contributed by atoms with Gasteiger partial charge in [0.1, 0.15) is 0 Å². The number of carbonyl (C=O) groups excluding carboxylic acids is 2. The molecule has 0 heterocycles. The number of hydrogen-bond donors (Lipinski definition) is 4. The van der Waals surface area contributed by atoms with Gasteiger partial charge in [-0.3, -0.25) is 20.2 Å².